The fraction of sp³-hybridized carbons (Fsp3) is 0.538. The molecule has 1 aromatic heterocycles. The van der Waals surface area contributed by atoms with Gasteiger partial charge in [0.2, 0.25) is 5.91 Å². The molecule has 1 amide bonds. The number of H-pyrrole nitrogens is 1. The molecule has 1 fully saturated rings. The van der Waals surface area contributed by atoms with Crippen LogP contribution in [0.2, 0.25) is 0 Å². The van der Waals surface area contributed by atoms with Crippen molar-refractivity contribution in [2.24, 2.45) is 5.92 Å². The first-order chi connectivity index (χ1) is 9.95. The van der Waals surface area contributed by atoms with Crippen LogP contribution < -0.4 is 11.2 Å². The van der Waals surface area contributed by atoms with Gasteiger partial charge in [-0.3, -0.25) is 23.9 Å². The van der Waals surface area contributed by atoms with Crippen LogP contribution in [0.25, 0.3) is 0 Å². The molecule has 0 saturated carbocycles. The number of nitrogens with zero attached hydrogens (tertiary/aromatic N) is 2. The van der Waals surface area contributed by atoms with Crippen LogP contribution in [0.15, 0.2) is 21.9 Å². The monoisotopic (exact) mass is 295 g/mol. The van der Waals surface area contributed by atoms with Crippen molar-refractivity contribution in [3.8, 4) is 0 Å². The lowest BCUT2D eigenvalue weighted by atomic mass is 9.93. The fourth-order valence-corrected chi connectivity index (χ4v) is 2.45. The molecule has 8 heteroatoms. The molecular weight excluding hydrogens is 278 g/mol. The summed E-state index contributed by atoms with van der Waals surface area (Å²) in [5, 5.41) is 8.74. The number of nitrogens with one attached hydrogen (secondary N) is 1. The molecule has 1 aromatic rings. The average Bonchev–Trinajstić information content (AvgIpc) is 2.42. The lowest BCUT2D eigenvalue weighted by Crippen LogP contribution is -2.42. The van der Waals surface area contributed by atoms with Gasteiger partial charge in [-0.15, -0.1) is 0 Å². The standard InChI is InChI=1S/C13H17N3O5/c17-10-3-6-16(13(21)14-10)8-11(18)15-4-1-9(2-5-15)7-12(19)20/h3,6,9H,1-2,4-5,7-8H2,(H,19,20)(H,14,17,21). The van der Waals surface area contributed by atoms with E-state index < -0.39 is 17.2 Å². The highest BCUT2D eigenvalue weighted by Crippen LogP contribution is 2.20. The van der Waals surface area contributed by atoms with Crippen molar-refractivity contribution in [2.75, 3.05) is 13.1 Å². The Balaban J connectivity index is 1.92. The molecule has 0 spiro atoms. The third-order valence-electron chi connectivity index (χ3n) is 3.63. The molecule has 2 N–H and O–H groups in total. The second-order valence-corrected chi connectivity index (χ2v) is 5.16. The van der Waals surface area contributed by atoms with Crippen molar-refractivity contribution in [3.63, 3.8) is 0 Å². The Bertz CT molecular complexity index is 640. The number of hydrogen-bond donors (Lipinski definition) is 2. The maximum absolute atomic E-state index is 12.1. The maximum atomic E-state index is 12.1. The van der Waals surface area contributed by atoms with Crippen molar-refractivity contribution < 1.29 is 14.7 Å². The molecule has 2 rings (SSSR count). The van der Waals surface area contributed by atoms with Gasteiger partial charge in [0.25, 0.3) is 5.56 Å². The van der Waals surface area contributed by atoms with Crippen LogP contribution in [-0.2, 0) is 16.1 Å². The second-order valence-electron chi connectivity index (χ2n) is 5.16. The number of piperidine rings is 1. The molecule has 21 heavy (non-hydrogen) atoms. The Kier molecular flexibility index (Phi) is 4.56. The van der Waals surface area contributed by atoms with E-state index in [1.807, 2.05) is 0 Å². The maximum Gasteiger partial charge on any atom is 0.328 e. The Labute approximate surface area is 120 Å². The molecule has 0 unspecified atom stereocenters. The number of aromatic amines is 1. The number of rotatable bonds is 4. The van der Waals surface area contributed by atoms with Crippen molar-refractivity contribution >= 4 is 11.9 Å². The van der Waals surface area contributed by atoms with Crippen LogP contribution in [-0.4, -0.2) is 44.5 Å². The summed E-state index contributed by atoms with van der Waals surface area (Å²) in [7, 11) is 0. The summed E-state index contributed by atoms with van der Waals surface area (Å²) in [6, 6.07) is 1.19. The van der Waals surface area contributed by atoms with Crippen molar-refractivity contribution in [1.82, 2.24) is 14.5 Å². The Morgan fingerprint density at radius 1 is 1.29 bits per heavy atom. The van der Waals surface area contributed by atoms with Gasteiger partial charge in [-0.1, -0.05) is 0 Å². The first-order valence-corrected chi connectivity index (χ1v) is 6.75. The minimum atomic E-state index is -0.820. The molecule has 0 aliphatic carbocycles. The van der Waals surface area contributed by atoms with Crippen LogP contribution in [0.4, 0.5) is 0 Å². The topological polar surface area (TPSA) is 112 Å². The Morgan fingerprint density at radius 3 is 2.52 bits per heavy atom. The SMILES string of the molecule is O=C(O)CC1CCN(C(=O)Cn2ccc(=O)[nH]c2=O)CC1. The van der Waals surface area contributed by atoms with Gasteiger partial charge in [-0.05, 0) is 18.8 Å². The van der Waals surface area contributed by atoms with Gasteiger partial charge in [0.05, 0.1) is 0 Å². The lowest BCUT2D eigenvalue weighted by Gasteiger charge is -2.31. The van der Waals surface area contributed by atoms with Gasteiger partial charge >= 0.3 is 11.7 Å². The molecule has 1 saturated heterocycles. The van der Waals surface area contributed by atoms with Crippen LogP contribution in [0.1, 0.15) is 19.3 Å². The third-order valence-corrected chi connectivity index (χ3v) is 3.63. The number of carboxylic acids is 1. The van der Waals surface area contributed by atoms with Crippen LogP contribution in [0.3, 0.4) is 0 Å². The normalized spacial score (nSPS) is 15.9. The summed E-state index contributed by atoms with van der Waals surface area (Å²) in [5.74, 6) is -0.931. The summed E-state index contributed by atoms with van der Waals surface area (Å²) in [4.78, 5) is 48.9. The first kappa shape index (κ1) is 15.0. The highest BCUT2D eigenvalue weighted by molar-refractivity contribution is 5.76. The van der Waals surface area contributed by atoms with E-state index in [1.54, 1.807) is 4.90 Å². The summed E-state index contributed by atoms with van der Waals surface area (Å²) in [6.07, 6.45) is 2.72. The predicted octanol–water partition coefficient (Wildman–Crippen LogP) is -0.750. The summed E-state index contributed by atoms with van der Waals surface area (Å²) < 4.78 is 1.15. The van der Waals surface area contributed by atoms with E-state index in [9.17, 15) is 19.2 Å². The smallest absolute Gasteiger partial charge is 0.328 e. The first-order valence-electron chi connectivity index (χ1n) is 6.75. The summed E-state index contributed by atoms with van der Waals surface area (Å²) in [6.45, 7) is 0.864. The molecule has 0 aromatic carbocycles. The number of amides is 1. The zero-order chi connectivity index (χ0) is 15.4. The third kappa shape index (κ3) is 4.04. The van der Waals surface area contributed by atoms with Gasteiger partial charge in [-0.25, -0.2) is 4.79 Å². The van der Waals surface area contributed by atoms with Crippen LogP contribution >= 0.6 is 0 Å². The Hall–Kier alpha value is -2.38. The van der Waals surface area contributed by atoms with Gasteiger partial charge in [0.15, 0.2) is 0 Å². The van der Waals surface area contributed by atoms with Crippen molar-refractivity contribution in [1.29, 1.82) is 0 Å². The second kappa shape index (κ2) is 6.38. The molecule has 8 nitrogen and oxygen atoms in total. The number of carboxylic acid groups (broad SMARTS) is 1. The van der Waals surface area contributed by atoms with Gasteiger partial charge in [0, 0.05) is 31.8 Å². The van der Waals surface area contributed by atoms with E-state index >= 15 is 0 Å². The lowest BCUT2D eigenvalue weighted by molar-refractivity contribution is -0.138. The van der Waals surface area contributed by atoms with Crippen LogP contribution in [0, 0.1) is 5.92 Å². The van der Waals surface area contributed by atoms with E-state index in [0.29, 0.717) is 25.9 Å². The molecule has 1 aliphatic heterocycles. The largest absolute Gasteiger partial charge is 0.481 e. The number of carbonyl (C=O) groups is 2. The number of aliphatic carboxylic acids is 1. The number of likely N-dealkylation sites (tertiary alicyclic amines) is 1. The minimum absolute atomic E-state index is 0.0994. The highest BCUT2D eigenvalue weighted by Gasteiger charge is 2.24. The highest BCUT2D eigenvalue weighted by atomic mass is 16.4. The molecular formula is C13H17N3O5. The molecule has 2 heterocycles. The molecule has 0 bridgehead atoms. The quantitative estimate of drug-likeness (QED) is 0.759. The Morgan fingerprint density at radius 2 is 1.95 bits per heavy atom. The predicted molar refractivity (Wildman–Crippen MR) is 72.9 cm³/mol. The number of hydrogen-bond acceptors (Lipinski definition) is 4. The van der Waals surface area contributed by atoms with Gasteiger partial charge < -0.3 is 10.0 Å². The van der Waals surface area contributed by atoms with Gasteiger partial charge in [0.1, 0.15) is 6.54 Å². The zero-order valence-corrected chi connectivity index (χ0v) is 11.4. The molecule has 1 aliphatic rings. The summed E-state index contributed by atoms with van der Waals surface area (Å²) in [5.41, 5.74) is -1.12. The van der Waals surface area contributed by atoms with E-state index in [0.717, 1.165) is 4.57 Å². The molecule has 0 radical (unpaired) electrons. The van der Waals surface area contributed by atoms with Crippen molar-refractivity contribution in [2.45, 2.75) is 25.8 Å². The van der Waals surface area contributed by atoms with Crippen molar-refractivity contribution in [3.05, 3.63) is 33.1 Å². The van der Waals surface area contributed by atoms with E-state index in [1.165, 1.54) is 12.3 Å². The van der Waals surface area contributed by atoms with Gasteiger partial charge in [-0.2, -0.15) is 0 Å². The minimum Gasteiger partial charge on any atom is -0.481 e. The van der Waals surface area contributed by atoms with Crippen LogP contribution in [0.5, 0.6) is 0 Å². The number of carbonyl (C=O) groups excluding carboxylic acids is 1. The fourth-order valence-electron chi connectivity index (χ4n) is 2.45. The number of aromatic nitrogens is 2. The summed E-state index contributed by atoms with van der Waals surface area (Å²) >= 11 is 0. The van der Waals surface area contributed by atoms with E-state index in [2.05, 4.69) is 4.98 Å². The average molecular weight is 295 g/mol. The van der Waals surface area contributed by atoms with E-state index in [4.69, 9.17) is 5.11 Å². The molecule has 0 atom stereocenters. The zero-order valence-electron chi connectivity index (χ0n) is 11.4. The van der Waals surface area contributed by atoms with E-state index in [-0.39, 0.29) is 24.8 Å². The molecule has 114 valence electrons.